The van der Waals surface area contributed by atoms with Crippen molar-refractivity contribution in [3.8, 4) is 11.5 Å². The highest BCUT2D eigenvalue weighted by molar-refractivity contribution is 5.86. The smallest absolute Gasteiger partial charge is 0.354 e. The Bertz CT molecular complexity index is 769. The molecule has 0 saturated carbocycles. The number of aromatic hydroxyl groups is 1. The average Bonchev–Trinajstić information content (AvgIpc) is 2.55. The summed E-state index contributed by atoms with van der Waals surface area (Å²) in [5.41, 5.74) is 1.87. The zero-order chi connectivity index (χ0) is 16.8. The molecule has 0 radical (unpaired) electrons. The van der Waals surface area contributed by atoms with E-state index >= 15 is 0 Å². The molecule has 0 spiro atoms. The summed E-state index contributed by atoms with van der Waals surface area (Å²) in [6, 6.07) is 4.86. The van der Waals surface area contributed by atoms with E-state index in [1.807, 2.05) is 0 Å². The van der Waals surface area contributed by atoms with Gasteiger partial charge >= 0.3 is 5.97 Å². The molecule has 0 atom stereocenters. The van der Waals surface area contributed by atoms with Crippen LogP contribution in [0.15, 0.2) is 37.2 Å². The predicted molar refractivity (Wildman–Crippen MR) is 86.5 cm³/mol. The highest BCUT2D eigenvalue weighted by Gasteiger charge is 2.09. The highest BCUT2D eigenvalue weighted by Crippen LogP contribution is 2.32. The first-order valence-corrected chi connectivity index (χ1v) is 6.79. The van der Waals surface area contributed by atoms with E-state index < -0.39 is 5.97 Å². The van der Waals surface area contributed by atoms with E-state index in [9.17, 15) is 9.90 Å². The average molecular weight is 312 g/mol. The van der Waals surface area contributed by atoms with Crippen LogP contribution >= 0.6 is 0 Å². The molecule has 2 N–H and O–H groups in total. The first kappa shape index (κ1) is 16.2. The van der Waals surface area contributed by atoms with Crippen molar-refractivity contribution >= 4 is 18.1 Å². The van der Waals surface area contributed by atoms with Gasteiger partial charge in [0.15, 0.2) is 17.2 Å². The number of rotatable bonds is 6. The Morgan fingerprint density at radius 3 is 2.74 bits per heavy atom. The molecule has 23 heavy (non-hydrogen) atoms. The van der Waals surface area contributed by atoms with Crippen molar-refractivity contribution < 1.29 is 19.7 Å². The zero-order valence-electron chi connectivity index (χ0n) is 12.6. The molecule has 0 amide bonds. The lowest BCUT2D eigenvalue weighted by atomic mass is 10.0. The van der Waals surface area contributed by atoms with E-state index in [-0.39, 0.29) is 11.4 Å². The van der Waals surface area contributed by atoms with Gasteiger partial charge in [0.1, 0.15) is 6.33 Å². The highest BCUT2D eigenvalue weighted by atomic mass is 16.5. The van der Waals surface area contributed by atoms with Gasteiger partial charge in [0.2, 0.25) is 0 Å². The van der Waals surface area contributed by atoms with Crippen molar-refractivity contribution in [2.24, 2.45) is 0 Å². The number of carboxylic acid groups (broad SMARTS) is 1. The molecule has 1 aromatic carbocycles. The topological polar surface area (TPSA) is 92.5 Å². The maximum absolute atomic E-state index is 10.9. The Hall–Kier alpha value is -3.15. The molecule has 6 heteroatoms. The van der Waals surface area contributed by atoms with E-state index in [0.29, 0.717) is 23.4 Å². The number of hydrogen-bond donors (Lipinski definition) is 2. The number of carbonyl (C=O) groups is 1. The SMILES string of the molecule is C=CCc1cc(/C=C/c2cc(C(=O)O)ncn2)cc(OC)c1O. The van der Waals surface area contributed by atoms with Crippen LogP contribution in [-0.2, 0) is 6.42 Å². The van der Waals surface area contributed by atoms with E-state index in [0.717, 1.165) is 5.56 Å². The first-order valence-electron chi connectivity index (χ1n) is 6.79. The molecule has 2 rings (SSSR count). The lowest BCUT2D eigenvalue weighted by Crippen LogP contribution is -2.00. The number of nitrogens with zero attached hydrogens (tertiary/aromatic N) is 2. The quantitative estimate of drug-likeness (QED) is 0.797. The van der Waals surface area contributed by atoms with Crippen LogP contribution in [0.2, 0.25) is 0 Å². The largest absolute Gasteiger partial charge is 0.504 e. The number of aromatic carboxylic acids is 1. The lowest BCUT2D eigenvalue weighted by molar-refractivity contribution is 0.0690. The number of ether oxygens (including phenoxy) is 1. The molecule has 6 nitrogen and oxygen atoms in total. The summed E-state index contributed by atoms with van der Waals surface area (Å²) in [4.78, 5) is 18.6. The van der Waals surface area contributed by atoms with Crippen LogP contribution in [0.3, 0.4) is 0 Å². The van der Waals surface area contributed by atoms with Crippen molar-refractivity contribution in [3.05, 3.63) is 59.7 Å². The summed E-state index contributed by atoms with van der Waals surface area (Å²) in [5.74, 6) is -0.667. The van der Waals surface area contributed by atoms with Crippen molar-refractivity contribution in [3.63, 3.8) is 0 Å². The maximum Gasteiger partial charge on any atom is 0.354 e. The van der Waals surface area contributed by atoms with Gasteiger partial charge in [-0.05, 0) is 36.3 Å². The second-order valence-electron chi connectivity index (χ2n) is 4.69. The number of methoxy groups -OCH3 is 1. The lowest BCUT2D eigenvalue weighted by Gasteiger charge is -2.09. The normalized spacial score (nSPS) is 10.7. The zero-order valence-corrected chi connectivity index (χ0v) is 12.6. The third-order valence-corrected chi connectivity index (χ3v) is 3.11. The van der Waals surface area contributed by atoms with Gasteiger partial charge in [-0.25, -0.2) is 14.8 Å². The minimum absolute atomic E-state index is 0.0738. The minimum atomic E-state index is -1.11. The van der Waals surface area contributed by atoms with Gasteiger partial charge in [-0.1, -0.05) is 12.2 Å². The molecule has 2 aromatic rings. The van der Waals surface area contributed by atoms with Crippen molar-refractivity contribution in [1.29, 1.82) is 0 Å². The van der Waals surface area contributed by atoms with Gasteiger partial charge in [0.05, 0.1) is 12.8 Å². The number of phenols is 1. The number of benzene rings is 1. The van der Waals surface area contributed by atoms with Crippen LogP contribution in [0.4, 0.5) is 0 Å². The Morgan fingerprint density at radius 1 is 1.30 bits per heavy atom. The molecular formula is C17H16N2O4. The number of aromatic nitrogens is 2. The van der Waals surface area contributed by atoms with Crippen LogP contribution < -0.4 is 4.74 Å². The first-order chi connectivity index (χ1) is 11.0. The summed E-state index contributed by atoms with van der Waals surface area (Å²) in [5, 5.41) is 19.0. The molecule has 0 aliphatic heterocycles. The second-order valence-corrected chi connectivity index (χ2v) is 4.69. The van der Waals surface area contributed by atoms with Crippen LogP contribution in [0.1, 0.15) is 27.3 Å². The molecule has 1 heterocycles. The fraction of sp³-hybridized carbons (Fsp3) is 0.118. The van der Waals surface area contributed by atoms with Gasteiger partial charge in [0, 0.05) is 5.56 Å². The van der Waals surface area contributed by atoms with E-state index in [1.165, 1.54) is 19.5 Å². The number of carboxylic acids is 1. The molecule has 0 aliphatic carbocycles. The molecule has 0 aliphatic rings. The summed E-state index contributed by atoms with van der Waals surface area (Å²) < 4.78 is 5.15. The molecule has 0 bridgehead atoms. The van der Waals surface area contributed by atoms with Gasteiger partial charge < -0.3 is 14.9 Å². The van der Waals surface area contributed by atoms with E-state index in [4.69, 9.17) is 9.84 Å². The minimum Gasteiger partial charge on any atom is -0.504 e. The van der Waals surface area contributed by atoms with Crippen LogP contribution in [-0.4, -0.2) is 33.3 Å². The Morgan fingerprint density at radius 2 is 2.09 bits per heavy atom. The number of allylic oxidation sites excluding steroid dienone is 1. The Labute approximate surface area is 133 Å². The summed E-state index contributed by atoms with van der Waals surface area (Å²) in [6.07, 6.45) is 6.80. The standard InChI is InChI=1S/C17H16N2O4/c1-3-4-12-7-11(8-15(23-2)16(12)20)5-6-13-9-14(17(21)22)19-10-18-13/h3,5-10,20H,1,4H2,2H3,(H,21,22)/b6-5+. The summed E-state index contributed by atoms with van der Waals surface area (Å²) in [7, 11) is 1.48. The molecule has 118 valence electrons. The van der Waals surface area contributed by atoms with Gasteiger partial charge in [-0.2, -0.15) is 0 Å². The molecule has 1 aromatic heterocycles. The van der Waals surface area contributed by atoms with Gasteiger partial charge in [-0.3, -0.25) is 0 Å². The molecule has 0 unspecified atom stereocenters. The monoisotopic (exact) mass is 312 g/mol. The van der Waals surface area contributed by atoms with Crippen LogP contribution in [0.25, 0.3) is 12.2 Å². The van der Waals surface area contributed by atoms with Crippen molar-refractivity contribution in [2.45, 2.75) is 6.42 Å². The molecular weight excluding hydrogens is 296 g/mol. The third-order valence-electron chi connectivity index (χ3n) is 3.11. The summed E-state index contributed by atoms with van der Waals surface area (Å²) >= 11 is 0. The third kappa shape index (κ3) is 3.94. The van der Waals surface area contributed by atoms with Crippen LogP contribution in [0, 0.1) is 0 Å². The fourth-order valence-electron chi connectivity index (χ4n) is 2.01. The van der Waals surface area contributed by atoms with Crippen molar-refractivity contribution in [2.75, 3.05) is 7.11 Å². The van der Waals surface area contributed by atoms with Gasteiger partial charge in [0.25, 0.3) is 0 Å². The number of phenolic OH excluding ortho intramolecular Hbond substituents is 1. The number of hydrogen-bond acceptors (Lipinski definition) is 5. The van der Waals surface area contributed by atoms with E-state index in [1.54, 1.807) is 30.4 Å². The van der Waals surface area contributed by atoms with Crippen LogP contribution in [0.5, 0.6) is 11.5 Å². The molecule has 0 saturated heterocycles. The second kappa shape index (κ2) is 7.22. The Balaban J connectivity index is 2.35. The van der Waals surface area contributed by atoms with Crippen molar-refractivity contribution in [1.82, 2.24) is 9.97 Å². The fourth-order valence-corrected chi connectivity index (χ4v) is 2.01. The predicted octanol–water partition coefficient (Wildman–Crippen LogP) is 2.79. The van der Waals surface area contributed by atoms with Gasteiger partial charge in [-0.15, -0.1) is 6.58 Å². The maximum atomic E-state index is 10.9. The van der Waals surface area contributed by atoms with E-state index in [2.05, 4.69) is 16.5 Å². The summed E-state index contributed by atoms with van der Waals surface area (Å²) in [6.45, 7) is 3.66. The molecule has 0 fully saturated rings. The Kier molecular flexibility index (Phi) is 5.09.